The Morgan fingerprint density at radius 2 is 1.62 bits per heavy atom. The van der Waals surface area contributed by atoms with Gasteiger partial charge in [-0.3, -0.25) is 9.59 Å². The number of amides is 1. The molecular formula is C44H44N4O5S3. The number of aliphatic hydroxyl groups is 1. The summed E-state index contributed by atoms with van der Waals surface area (Å²) in [6.45, 7) is 3.69. The van der Waals surface area contributed by atoms with E-state index in [9.17, 15) is 23.1 Å². The molecule has 56 heavy (non-hydrogen) atoms. The second kappa shape index (κ2) is 17.0. The van der Waals surface area contributed by atoms with Crippen molar-refractivity contribution in [1.82, 2.24) is 19.2 Å². The van der Waals surface area contributed by atoms with E-state index in [2.05, 4.69) is 10.3 Å². The van der Waals surface area contributed by atoms with Gasteiger partial charge in [0.05, 0.1) is 39.3 Å². The second-order valence-corrected chi connectivity index (χ2v) is 18.3. The number of carbonyl (C=O) groups excluding carboxylic acids is 2. The van der Waals surface area contributed by atoms with Crippen LogP contribution in [0.3, 0.4) is 0 Å². The number of hydrogen-bond acceptors (Lipinski definition) is 8. The Labute approximate surface area is 335 Å². The lowest BCUT2D eigenvalue weighted by Gasteiger charge is -2.30. The molecule has 4 aromatic carbocycles. The van der Waals surface area contributed by atoms with Crippen molar-refractivity contribution in [3.63, 3.8) is 0 Å². The van der Waals surface area contributed by atoms with Crippen molar-refractivity contribution in [3.05, 3.63) is 153 Å². The van der Waals surface area contributed by atoms with E-state index in [0.717, 1.165) is 37.1 Å². The molecule has 0 spiro atoms. The van der Waals surface area contributed by atoms with Gasteiger partial charge in [0, 0.05) is 58.3 Å². The molecule has 12 heteroatoms. The van der Waals surface area contributed by atoms with Gasteiger partial charge in [0.25, 0.3) is 5.91 Å². The van der Waals surface area contributed by atoms with Gasteiger partial charge in [-0.05, 0) is 72.0 Å². The number of para-hydroxylation sites is 1. The summed E-state index contributed by atoms with van der Waals surface area (Å²) in [7, 11) is -2.02. The number of benzene rings is 4. The highest BCUT2D eigenvalue weighted by atomic mass is 32.2. The van der Waals surface area contributed by atoms with Crippen LogP contribution in [0.1, 0.15) is 63.5 Å². The topological polar surface area (TPSA) is 122 Å². The van der Waals surface area contributed by atoms with E-state index in [1.165, 1.54) is 27.0 Å². The Morgan fingerprint density at radius 1 is 0.911 bits per heavy atom. The van der Waals surface area contributed by atoms with Crippen LogP contribution in [0.5, 0.6) is 0 Å². The maximum atomic E-state index is 14.7. The van der Waals surface area contributed by atoms with Gasteiger partial charge in [-0.25, -0.2) is 13.4 Å². The number of aryl methyl sites for hydroxylation is 2. The summed E-state index contributed by atoms with van der Waals surface area (Å²) in [5.41, 5.74) is 5.74. The quantitative estimate of drug-likeness (QED) is 0.101. The monoisotopic (exact) mass is 804 g/mol. The van der Waals surface area contributed by atoms with Gasteiger partial charge in [0.1, 0.15) is 0 Å². The Morgan fingerprint density at radius 3 is 2.36 bits per heavy atom. The Kier molecular flexibility index (Phi) is 11.9. The minimum Gasteiger partial charge on any atom is -0.394 e. The maximum absolute atomic E-state index is 14.7. The molecule has 2 N–H and O–H groups in total. The van der Waals surface area contributed by atoms with Gasteiger partial charge < -0.3 is 15.0 Å². The molecule has 3 heterocycles. The van der Waals surface area contributed by atoms with E-state index in [-0.39, 0.29) is 35.5 Å². The molecule has 9 nitrogen and oxygen atoms in total. The number of aliphatic hydroxyl groups excluding tert-OH is 1. The molecule has 0 fully saturated rings. The molecule has 7 aromatic rings. The zero-order valence-corrected chi connectivity index (χ0v) is 33.9. The summed E-state index contributed by atoms with van der Waals surface area (Å²) in [6, 6.07) is 33.7. The fraction of sp³-hybridized carbons (Fsp3) is 0.250. The SMILES string of the molecule is CC(C)CN(C(CO)c1ccc(CCC(=O)C(NC(=O)c2ccccc2)C(c2ccccc2)c2cn(C)c3ccccc23)s1)S(=O)(=O)c1ccc2ncsc2c1. The lowest BCUT2D eigenvalue weighted by atomic mass is 9.82. The normalized spacial score (nSPS) is 13.7. The van der Waals surface area contributed by atoms with Crippen molar-refractivity contribution >= 4 is 65.5 Å². The first kappa shape index (κ1) is 39.3. The number of rotatable bonds is 16. The standard InChI is InChI=1S/C44H44N4O5S3/c1-29(2)25-48(56(52,53)33-20-21-36-41(24-33)54-28-45-36)38(27-49)40-23-19-32(55-40)18-22-39(50)43(46-44(51)31-14-8-5-9-15-31)42(30-12-6-4-7-13-30)35-26-47(3)37-17-11-10-16-34(35)37/h4-17,19-21,23-24,26,28-29,38,42-43,49H,18,22,25,27H2,1-3H3,(H,46,51). The molecule has 0 aliphatic heterocycles. The number of thiazole rings is 1. The van der Waals surface area contributed by atoms with Crippen molar-refractivity contribution in [2.24, 2.45) is 13.0 Å². The summed E-state index contributed by atoms with van der Waals surface area (Å²) < 4.78 is 32.6. The van der Waals surface area contributed by atoms with Crippen LogP contribution in [0.25, 0.3) is 21.1 Å². The predicted molar refractivity (Wildman–Crippen MR) is 225 cm³/mol. The molecule has 3 unspecified atom stereocenters. The van der Waals surface area contributed by atoms with Gasteiger partial charge in [-0.15, -0.1) is 22.7 Å². The lowest BCUT2D eigenvalue weighted by Crippen LogP contribution is -2.45. The van der Waals surface area contributed by atoms with E-state index in [1.807, 2.05) is 104 Å². The largest absolute Gasteiger partial charge is 0.394 e. The highest BCUT2D eigenvalue weighted by molar-refractivity contribution is 7.89. The summed E-state index contributed by atoms with van der Waals surface area (Å²) in [6.07, 6.45) is 2.54. The Bertz CT molecular complexity index is 2560. The van der Waals surface area contributed by atoms with Crippen LogP contribution >= 0.6 is 22.7 Å². The summed E-state index contributed by atoms with van der Waals surface area (Å²) in [4.78, 5) is 34.5. The average Bonchev–Trinajstić information content (AvgIpc) is 3.96. The number of Topliss-reactive ketones (excluding diaryl/α,β-unsaturated/α-hetero) is 1. The minimum absolute atomic E-state index is 0.00894. The number of fused-ring (bicyclic) bond motifs is 2. The second-order valence-electron chi connectivity index (χ2n) is 14.3. The van der Waals surface area contributed by atoms with Crippen LogP contribution in [0.15, 0.2) is 132 Å². The minimum atomic E-state index is -4.00. The molecule has 0 aliphatic rings. The Hall–Kier alpha value is -4.98. The van der Waals surface area contributed by atoms with Crippen molar-refractivity contribution < 1.29 is 23.1 Å². The Balaban J connectivity index is 1.19. The van der Waals surface area contributed by atoms with Crippen molar-refractivity contribution in [1.29, 1.82) is 0 Å². The van der Waals surface area contributed by atoms with Crippen LogP contribution < -0.4 is 5.32 Å². The van der Waals surface area contributed by atoms with Gasteiger partial charge in [0.2, 0.25) is 10.0 Å². The highest BCUT2D eigenvalue weighted by Crippen LogP contribution is 2.37. The third-order valence-corrected chi connectivity index (χ3v) is 13.9. The maximum Gasteiger partial charge on any atom is 0.251 e. The van der Waals surface area contributed by atoms with Crippen LogP contribution in [0.4, 0.5) is 0 Å². The summed E-state index contributed by atoms with van der Waals surface area (Å²) >= 11 is 2.77. The number of thiophene rings is 1. The lowest BCUT2D eigenvalue weighted by molar-refractivity contribution is -0.121. The fourth-order valence-corrected chi connectivity index (χ4v) is 11.1. The van der Waals surface area contributed by atoms with Crippen molar-refractivity contribution in [2.75, 3.05) is 13.2 Å². The number of nitrogens with zero attached hydrogens (tertiary/aromatic N) is 3. The first-order valence-corrected chi connectivity index (χ1v) is 21.7. The van der Waals surface area contributed by atoms with E-state index in [1.54, 1.807) is 48.0 Å². The summed E-state index contributed by atoms with van der Waals surface area (Å²) in [5.74, 6) is -0.966. The number of sulfonamides is 1. The van der Waals surface area contributed by atoms with Crippen molar-refractivity contribution in [2.45, 2.75) is 49.6 Å². The average molecular weight is 805 g/mol. The van der Waals surface area contributed by atoms with Crippen LogP contribution in [-0.4, -0.2) is 58.3 Å². The third kappa shape index (κ3) is 8.25. The number of nitrogens with one attached hydrogen (secondary N) is 1. The molecule has 0 aliphatic carbocycles. The predicted octanol–water partition coefficient (Wildman–Crippen LogP) is 8.36. The summed E-state index contributed by atoms with van der Waals surface area (Å²) in [5, 5.41) is 14.9. The zero-order valence-electron chi connectivity index (χ0n) is 31.4. The molecule has 0 radical (unpaired) electrons. The first-order chi connectivity index (χ1) is 27.0. The van der Waals surface area contributed by atoms with E-state index < -0.39 is 34.6 Å². The van der Waals surface area contributed by atoms with Gasteiger partial charge >= 0.3 is 0 Å². The third-order valence-electron chi connectivity index (χ3n) is 10.0. The van der Waals surface area contributed by atoms with Crippen LogP contribution in [-0.2, 0) is 28.3 Å². The zero-order chi connectivity index (χ0) is 39.4. The molecule has 3 aromatic heterocycles. The fourth-order valence-electron chi connectivity index (χ4n) is 7.31. The van der Waals surface area contributed by atoms with Crippen molar-refractivity contribution in [3.8, 4) is 0 Å². The molecule has 3 atom stereocenters. The van der Waals surface area contributed by atoms with Crippen LogP contribution in [0, 0.1) is 5.92 Å². The number of carbonyl (C=O) groups is 2. The van der Waals surface area contributed by atoms with Gasteiger partial charge in [-0.2, -0.15) is 4.31 Å². The highest BCUT2D eigenvalue weighted by Gasteiger charge is 2.36. The molecular weight excluding hydrogens is 761 g/mol. The van der Waals surface area contributed by atoms with Gasteiger partial charge in [-0.1, -0.05) is 80.6 Å². The van der Waals surface area contributed by atoms with E-state index >= 15 is 0 Å². The van der Waals surface area contributed by atoms with E-state index in [4.69, 9.17) is 0 Å². The smallest absolute Gasteiger partial charge is 0.251 e. The molecule has 0 bridgehead atoms. The molecule has 7 rings (SSSR count). The molecule has 1 amide bonds. The molecule has 0 saturated carbocycles. The number of hydrogen-bond donors (Lipinski definition) is 2. The van der Waals surface area contributed by atoms with E-state index in [0.29, 0.717) is 16.9 Å². The number of ketones is 1. The van der Waals surface area contributed by atoms with Gasteiger partial charge in [0.15, 0.2) is 5.78 Å². The van der Waals surface area contributed by atoms with Crippen LogP contribution in [0.2, 0.25) is 0 Å². The first-order valence-electron chi connectivity index (χ1n) is 18.6. The molecule has 0 saturated heterocycles. The molecule has 288 valence electrons. The number of aromatic nitrogens is 2.